The van der Waals surface area contributed by atoms with Crippen molar-refractivity contribution in [2.75, 3.05) is 26.4 Å². The summed E-state index contributed by atoms with van der Waals surface area (Å²) in [5.74, 6) is -0.280. The van der Waals surface area contributed by atoms with Crippen LogP contribution in [0.2, 0.25) is 0 Å². The second-order valence-electron chi connectivity index (χ2n) is 31.0. The molecule has 17 unspecified atom stereocenters. The van der Waals surface area contributed by atoms with Gasteiger partial charge in [0.2, 0.25) is 5.91 Å². The van der Waals surface area contributed by atoms with Crippen LogP contribution >= 0.6 is 0 Å². The molecule has 0 aromatic carbocycles. The number of allylic oxidation sites excluding steroid dienone is 11. The van der Waals surface area contributed by atoms with Gasteiger partial charge in [-0.05, 0) is 70.6 Å². The van der Waals surface area contributed by atoms with Crippen molar-refractivity contribution in [1.82, 2.24) is 5.32 Å². The van der Waals surface area contributed by atoms with Crippen molar-refractivity contribution in [1.29, 1.82) is 0 Å². The Labute approximate surface area is 648 Å². The van der Waals surface area contributed by atoms with Crippen molar-refractivity contribution in [3.05, 3.63) is 72.9 Å². The van der Waals surface area contributed by atoms with Crippen LogP contribution in [0.3, 0.4) is 0 Å². The predicted molar refractivity (Wildman–Crippen MR) is 429 cm³/mol. The molecule has 3 rings (SSSR count). The van der Waals surface area contributed by atoms with Gasteiger partial charge in [-0.25, -0.2) is 0 Å². The molecule has 0 aromatic rings. The third-order valence-electron chi connectivity index (χ3n) is 21.5. The summed E-state index contributed by atoms with van der Waals surface area (Å²) in [5.41, 5.74) is 0. The van der Waals surface area contributed by atoms with E-state index in [0.29, 0.717) is 12.8 Å². The molecule has 3 heterocycles. The Morgan fingerprint density at radius 2 is 0.654 bits per heavy atom. The highest BCUT2D eigenvalue weighted by Crippen LogP contribution is 2.33. The molecular formula is C88H159NO18. The molecule has 12 N–H and O–H groups in total. The maximum atomic E-state index is 13.5. The second-order valence-corrected chi connectivity index (χ2v) is 31.0. The largest absolute Gasteiger partial charge is 0.394 e. The summed E-state index contributed by atoms with van der Waals surface area (Å²) in [7, 11) is 0. The number of carbonyl (C=O) groups excluding carboxylic acids is 1. The third kappa shape index (κ3) is 46.9. The van der Waals surface area contributed by atoms with Crippen LogP contribution in [0.4, 0.5) is 0 Å². The van der Waals surface area contributed by atoms with E-state index in [9.17, 15) is 61.0 Å². The standard InChI is InChI=1S/C88H159NO18/c1-3-5-7-9-11-13-15-17-19-21-23-25-27-29-30-31-32-33-34-35-36-37-38-39-40-42-44-46-48-50-52-54-56-58-60-62-64-66-76(94)89-71(72(93)65-63-61-59-57-55-53-51-49-47-45-43-41-28-26-24-22-20-18-16-14-12-10-8-6-4-2)70-102-86-82(100)79(97)84(74(68-91)104-86)107-88-83(101)80(98)85(75(69-92)105-88)106-87-81(99)78(96)77(95)73(67-90)103-87/h5,7,11,13,17,19,23,25,55,57,63,65,71-75,77-88,90-93,95-101H,3-4,6,8-10,12,14-16,18,20-22,24,26-54,56,58-62,64,66-70H2,1-2H3,(H,89,94)/b7-5-,13-11-,19-17-,25-23-,57-55+,65-63+. The first-order chi connectivity index (χ1) is 52.3. The molecular weight excluding hydrogens is 1360 g/mol. The normalized spacial score (nSPS) is 25.9. The van der Waals surface area contributed by atoms with Gasteiger partial charge < -0.3 is 89.9 Å². The first-order valence-electron chi connectivity index (χ1n) is 43.7. The molecule has 0 aliphatic carbocycles. The maximum Gasteiger partial charge on any atom is 0.220 e. The Balaban J connectivity index is 1.33. The van der Waals surface area contributed by atoms with Gasteiger partial charge in [-0.1, -0.05) is 344 Å². The number of nitrogens with one attached hydrogen (secondary N) is 1. The minimum atomic E-state index is -1.98. The molecule has 3 aliphatic heterocycles. The van der Waals surface area contributed by atoms with Crippen LogP contribution in [0.5, 0.6) is 0 Å². The highest BCUT2D eigenvalue weighted by Gasteiger charge is 2.54. The molecule has 0 bridgehead atoms. The zero-order chi connectivity index (χ0) is 77.4. The SMILES string of the molecule is CC/C=C\C/C=C\C/C=C\C/C=C\CCCCCCCCCCCCCCCCCCCCCCCCCCC(=O)NC(COC1OC(CO)C(OC2OC(CO)C(OC3OC(CO)C(O)C(O)C3O)C(O)C2O)C(O)C1O)C(O)/C=C/CC/C=C/CCCCCCCCCCCCCCCCCCCCC. The summed E-state index contributed by atoms with van der Waals surface area (Å²) in [4.78, 5) is 13.5. The van der Waals surface area contributed by atoms with E-state index in [2.05, 4.69) is 79.9 Å². The zero-order valence-electron chi connectivity index (χ0n) is 67.1. The molecule has 0 spiro atoms. The maximum absolute atomic E-state index is 13.5. The molecule has 1 amide bonds. The Hall–Kier alpha value is -2.77. The van der Waals surface area contributed by atoms with E-state index in [4.69, 9.17) is 28.4 Å². The molecule has 3 fully saturated rings. The first kappa shape index (κ1) is 98.4. The highest BCUT2D eigenvalue weighted by atomic mass is 16.8. The lowest BCUT2D eigenvalue weighted by Crippen LogP contribution is -2.66. The van der Waals surface area contributed by atoms with Crippen molar-refractivity contribution in [2.24, 2.45) is 0 Å². The van der Waals surface area contributed by atoms with Crippen LogP contribution in [0, 0.1) is 0 Å². The summed E-state index contributed by atoms with van der Waals surface area (Å²) in [6, 6.07) is -0.992. The third-order valence-corrected chi connectivity index (χ3v) is 21.5. The van der Waals surface area contributed by atoms with Gasteiger partial charge in [-0.2, -0.15) is 0 Å². The van der Waals surface area contributed by atoms with Gasteiger partial charge in [-0.3, -0.25) is 4.79 Å². The molecule has 107 heavy (non-hydrogen) atoms. The second kappa shape index (κ2) is 67.7. The van der Waals surface area contributed by atoms with E-state index < -0.39 is 124 Å². The van der Waals surface area contributed by atoms with Gasteiger partial charge in [0.25, 0.3) is 0 Å². The van der Waals surface area contributed by atoms with E-state index in [1.165, 1.54) is 250 Å². The lowest BCUT2D eigenvalue weighted by atomic mass is 9.96. The number of ether oxygens (including phenoxy) is 6. The fourth-order valence-corrected chi connectivity index (χ4v) is 14.6. The zero-order valence-corrected chi connectivity index (χ0v) is 67.1. The first-order valence-corrected chi connectivity index (χ1v) is 43.7. The van der Waals surface area contributed by atoms with Crippen molar-refractivity contribution in [3.63, 3.8) is 0 Å². The van der Waals surface area contributed by atoms with E-state index in [-0.39, 0.29) is 18.9 Å². The average molecular weight is 1520 g/mol. The van der Waals surface area contributed by atoms with Gasteiger partial charge in [0.15, 0.2) is 18.9 Å². The summed E-state index contributed by atoms with van der Waals surface area (Å²) < 4.78 is 34.5. The van der Waals surface area contributed by atoms with E-state index in [1.807, 2.05) is 6.08 Å². The summed E-state index contributed by atoms with van der Waals surface area (Å²) >= 11 is 0. The van der Waals surface area contributed by atoms with Crippen LogP contribution in [0.15, 0.2) is 72.9 Å². The van der Waals surface area contributed by atoms with Gasteiger partial charge >= 0.3 is 0 Å². The minimum absolute atomic E-state index is 0.237. The van der Waals surface area contributed by atoms with Crippen LogP contribution < -0.4 is 5.32 Å². The molecule has 624 valence electrons. The molecule has 17 atom stereocenters. The van der Waals surface area contributed by atoms with Crippen molar-refractivity contribution < 1.29 is 89.4 Å². The molecule has 0 aromatic heterocycles. The Bertz CT molecular complexity index is 2210. The van der Waals surface area contributed by atoms with Gasteiger partial charge in [0.1, 0.15) is 73.2 Å². The van der Waals surface area contributed by atoms with Crippen molar-refractivity contribution >= 4 is 5.91 Å². The number of aliphatic hydroxyl groups is 11. The molecule has 0 saturated carbocycles. The van der Waals surface area contributed by atoms with Crippen LogP contribution in [-0.4, -0.2) is 193 Å². The summed E-state index contributed by atoms with van der Waals surface area (Å²) in [6.07, 6.45) is 63.4. The monoisotopic (exact) mass is 1520 g/mol. The van der Waals surface area contributed by atoms with Crippen molar-refractivity contribution in [3.8, 4) is 0 Å². The average Bonchev–Trinajstić information content (AvgIpc) is 0.781. The Morgan fingerprint density at radius 1 is 0.346 bits per heavy atom. The van der Waals surface area contributed by atoms with Gasteiger partial charge in [0.05, 0.1) is 38.6 Å². The Kier molecular flexibility index (Phi) is 62.3. The molecule has 19 heteroatoms. The number of hydrogen-bond acceptors (Lipinski definition) is 18. The van der Waals surface area contributed by atoms with Gasteiger partial charge in [-0.15, -0.1) is 0 Å². The van der Waals surface area contributed by atoms with E-state index in [1.54, 1.807) is 6.08 Å². The van der Waals surface area contributed by atoms with Crippen molar-refractivity contribution in [2.45, 2.75) is 452 Å². The fourth-order valence-electron chi connectivity index (χ4n) is 14.6. The number of amides is 1. The van der Waals surface area contributed by atoms with E-state index in [0.717, 1.165) is 64.2 Å². The topological polar surface area (TPSA) is 307 Å². The van der Waals surface area contributed by atoms with Crippen LogP contribution in [0.1, 0.15) is 348 Å². The molecule has 3 aliphatic rings. The smallest absolute Gasteiger partial charge is 0.220 e. The van der Waals surface area contributed by atoms with Crippen LogP contribution in [-0.2, 0) is 33.2 Å². The number of rotatable bonds is 70. The highest BCUT2D eigenvalue weighted by molar-refractivity contribution is 5.76. The van der Waals surface area contributed by atoms with Gasteiger partial charge in [0, 0.05) is 6.42 Å². The number of carbonyl (C=O) groups is 1. The van der Waals surface area contributed by atoms with E-state index >= 15 is 0 Å². The lowest BCUT2D eigenvalue weighted by Gasteiger charge is -2.48. The molecule has 19 nitrogen and oxygen atoms in total. The Morgan fingerprint density at radius 3 is 1.05 bits per heavy atom. The number of hydrogen-bond donors (Lipinski definition) is 12. The predicted octanol–water partition coefficient (Wildman–Crippen LogP) is 16.0. The summed E-state index contributed by atoms with van der Waals surface area (Å²) in [5, 5.41) is 121. The number of aliphatic hydroxyl groups excluding tert-OH is 11. The molecule has 3 saturated heterocycles. The summed E-state index contributed by atoms with van der Waals surface area (Å²) in [6.45, 7) is 1.65. The lowest BCUT2D eigenvalue weighted by molar-refractivity contribution is -0.379. The quantitative estimate of drug-likeness (QED) is 0.0199. The number of unbranched alkanes of at least 4 members (excludes halogenated alkanes) is 44. The molecule has 0 radical (unpaired) electrons. The minimum Gasteiger partial charge on any atom is -0.394 e. The fraction of sp³-hybridized carbons (Fsp3) is 0.852. The van der Waals surface area contributed by atoms with Crippen LogP contribution in [0.25, 0.3) is 0 Å².